The molecule has 0 aromatic heterocycles. The summed E-state index contributed by atoms with van der Waals surface area (Å²) >= 11 is 7.25. The van der Waals surface area contributed by atoms with E-state index < -0.39 is 20.4 Å². The van der Waals surface area contributed by atoms with E-state index in [1.807, 2.05) is 36.4 Å². The molecule has 1 aromatic rings. The van der Waals surface area contributed by atoms with E-state index in [0.717, 1.165) is 30.4 Å². The minimum Gasteiger partial charge on any atom is -0.299 e. The first-order valence-corrected chi connectivity index (χ1v) is 13.0. The number of Topliss-reactive ketones (excluding diaryl/α,β-unsaturated/α-hetero) is 1. The Morgan fingerprint density at radius 1 is 1.13 bits per heavy atom. The molecule has 0 spiro atoms. The first kappa shape index (κ1) is 21.3. The van der Waals surface area contributed by atoms with Gasteiger partial charge in [0, 0.05) is 34.0 Å². The topological polar surface area (TPSA) is 51.2 Å². The molecule has 0 saturated heterocycles. The predicted octanol–water partition coefficient (Wildman–Crippen LogP) is 5.36. The number of fused-ring (bicyclic) bond motifs is 5. The first-order valence-electron chi connectivity index (χ1n) is 11.3. The van der Waals surface area contributed by atoms with Crippen molar-refractivity contribution in [2.45, 2.75) is 55.9 Å². The summed E-state index contributed by atoms with van der Waals surface area (Å²) in [4.78, 5) is 25.6. The summed E-state index contributed by atoms with van der Waals surface area (Å²) in [6, 6.07) is 9.84. The number of rotatable bonds is 3. The van der Waals surface area contributed by atoms with E-state index in [2.05, 4.69) is 13.8 Å². The Morgan fingerprint density at radius 3 is 2.61 bits per heavy atom. The fourth-order valence-corrected chi connectivity index (χ4v) is 9.47. The van der Waals surface area contributed by atoms with Gasteiger partial charge in [-0.15, -0.1) is 11.6 Å². The third kappa shape index (κ3) is 3.01. The van der Waals surface area contributed by atoms with Gasteiger partial charge in [0.05, 0.1) is 5.75 Å². The molecule has 164 valence electrons. The standard InChI is InChI=1S/C26H29ClO3S/c1-24-12-10-19(28)14-18(24)8-9-20-21-11-13-26(27,25(21,2)15-22(29)23(20)24)31(30)16-17-6-4-3-5-7-17/h3-7,10,12,14,20-21,23H,8-9,11,13,15-16H2,1-2H3/t20-,21-,23+,24-,25-,26-,31?/m0/s1. The number of ketones is 2. The smallest absolute Gasteiger partial charge is 0.178 e. The zero-order valence-electron chi connectivity index (χ0n) is 18.1. The lowest BCUT2D eigenvalue weighted by atomic mass is 9.48. The van der Waals surface area contributed by atoms with Gasteiger partial charge in [0.15, 0.2) is 5.78 Å². The molecule has 7 atom stereocenters. The minimum atomic E-state index is -1.28. The van der Waals surface area contributed by atoms with Crippen molar-refractivity contribution in [2.24, 2.45) is 28.6 Å². The first-order chi connectivity index (χ1) is 14.7. The molecular formula is C26H29ClO3S. The van der Waals surface area contributed by atoms with Crippen LogP contribution in [0, 0.1) is 28.6 Å². The zero-order chi connectivity index (χ0) is 22.0. The van der Waals surface area contributed by atoms with E-state index in [1.54, 1.807) is 12.2 Å². The number of hydrogen-bond donors (Lipinski definition) is 0. The number of alkyl halides is 1. The summed E-state index contributed by atoms with van der Waals surface area (Å²) < 4.78 is 12.7. The quantitative estimate of drug-likeness (QED) is 0.575. The van der Waals surface area contributed by atoms with Crippen LogP contribution in [-0.2, 0) is 26.1 Å². The van der Waals surface area contributed by atoms with Gasteiger partial charge in [0.2, 0.25) is 0 Å². The second-order valence-corrected chi connectivity index (χ2v) is 12.8. The van der Waals surface area contributed by atoms with Gasteiger partial charge in [-0.05, 0) is 55.2 Å². The SMILES string of the molecule is C[C@]12C=CC(=O)C=C1CC[C@@H]1[C@@H]2C(=O)C[C@@]2(C)[C@H]1CC[C@]2(Cl)S(=O)Cc1ccccc1. The molecule has 4 aliphatic carbocycles. The highest BCUT2D eigenvalue weighted by molar-refractivity contribution is 7.87. The molecule has 1 unspecified atom stereocenters. The van der Waals surface area contributed by atoms with E-state index in [0.29, 0.717) is 18.6 Å². The molecule has 0 aliphatic heterocycles. The van der Waals surface area contributed by atoms with E-state index in [9.17, 15) is 13.8 Å². The van der Waals surface area contributed by atoms with Crippen LogP contribution in [-0.4, -0.2) is 20.0 Å². The normalized spacial score (nSPS) is 42.4. The van der Waals surface area contributed by atoms with Crippen LogP contribution in [0.25, 0.3) is 0 Å². The van der Waals surface area contributed by atoms with Crippen LogP contribution in [0.2, 0.25) is 0 Å². The van der Waals surface area contributed by atoms with Crippen LogP contribution in [0.3, 0.4) is 0 Å². The number of benzene rings is 1. The monoisotopic (exact) mass is 456 g/mol. The summed E-state index contributed by atoms with van der Waals surface area (Å²) in [7, 11) is -1.28. The highest BCUT2D eigenvalue weighted by Crippen LogP contribution is 2.68. The van der Waals surface area contributed by atoms with E-state index in [4.69, 9.17) is 11.6 Å². The Kier molecular flexibility index (Phi) is 4.99. The number of allylic oxidation sites excluding steroid dienone is 4. The van der Waals surface area contributed by atoms with Gasteiger partial charge in [-0.2, -0.15) is 0 Å². The van der Waals surface area contributed by atoms with Crippen molar-refractivity contribution in [1.29, 1.82) is 0 Å². The highest BCUT2D eigenvalue weighted by atomic mass is 35.5. The van der Waals surface area contributed by atoms with E-state index in [-0.39, 0.29) is 34.7 Å². The lowest BCUT2D eigenvalue weighted by Crippen LogP contribution is -2.57. The van der Waals surface area contributed by atoms with Gasteiger partial charge in [0.1, 0.15) is 9.99 Å². The second-order valence-electron chi connectivity index (χ2n) is 10.3. The summed E-state index contributed by atoms with van der Waals surface area (Å²) in [5, 5.41) is 0. The van der Waals surface area contributed by atoms with Crippen molar-refractivity contribution in [3.63, 3.8) is 0 Å². The molecule has 3 nitrogen and oxygen atoms in total. The fourth-order valence-electron chi connectivity index (χ4n) is 7.18. The Bertz CT molecular complexity index is 1030. The Hall–Kier alpha value is -1.52. The van der Waals surface area contributed by atoms with Gasteiger partial charge in [-0.25, -0.2) is 0 Å². The van der Waals surface area contributed by atoms with Gasteiger partial charge >= 0.3 is 0 Å². The highest BCUT2D eigenvalue weighted by Gasteiger charge is 2.67. The Morgan fingerprint density at radius 2 is 1.87 bits per heavy atom. The van der Waals surface area contributed by atoms with Crippen molar-refractivity contribution >= 4 is 34.0 Å². The van der Waals surface area contributed by atoms with Crippen LogP contribution >= 0.6 is 11.6 Å². The van der Waals surface area contributed by atoms with E-state index >= 15 is 0 Å². The van der Waals surface area contributed by atoms with Gasteiger partial charge in [-0.3, -0.25) is 13.8 Å². The van der Waals surface area contributed by atoms with Crippen LogP contribution in [0.4, 0.5) is 0 Å². The molecule has 1 aromatic carbocycles. The molecule has 0 bridgehead atoms. The summed E-state index contributed by atoms with van der Waals surface area (Å²) in [5.41, 5.74) is 1.26. The maximum Gasteiger partial charge on any atom is 0.178 e. The molecule has 5 heteroatoms. The van der Waals surface area contributed by atoms with Crippen molar-refractivity contribution in [2.75, 3.05) is 0 Å². The van der Waals surface area contributed by atoms with Gasteiger partial charge in [0.25, 0.3) is 0 Å². The molecule has 0 heterocycles. The minimum absolute atomic E-state index is 0.0240. The van der Waals surface area contributed by atoms with Crippen molar-refractivity contribution < 1.29 is 13.8 Å². The van der Waals surface area contributed by atoms with E-state index in [1.165, 1.54) is 0 Å². The number of carbonyl (C=O) groups is 2. The molecule has 3 saturated carbocycles. The van der Waals surface area contributed by atoms with Crippen LogP contribution in [0.5, 0.6) is 0 Å². The average molecular weight is 457 g/mol. The molecule has 3 fully saturated rings. The number of hydrogen-bond acceptors (Lipinski definition) is 3. The number of halogens is 1. The lowest BCUT2D eigenvalue weighted by Gasteiger charge is -2.56. The van der Waals surface area contributed by atoms with Crippen LogP contribution in [0.1, 0.15) is 51.5 Å². The lowest BCUT2D eigenvalue weighted by molar-refractivity contribution is -0.141. The molecule has 0 N–H and O–H groups in total. The van der Waals surface area contributed by atoms with Crippen molar-refractivity contribution in [3.8, 4) is 0 Å². The second kappa shape index (κ2) is 7.25. The summed E-state index contributed by atoms with van der Waals surface area (Å²) in [6.07, 6.45) is 9.04. The molecule has 0 amide bonds. The predicted molar refractivity (Wildman–Crippen MR) is 124 cm³/mol. The molecule has 31 heavy (non-hydrogen) atoms. The van der Waals surface area contributed by atoms with Gasteiger partial charge < -0.3 is 0 Å². The third-order valence-electron chi connectivity index (χ3n) is 8.78. The number of carbonyl (C=O) groups excluding carboxylic acids is 2. The Balaban J connectivity index is 1.48. The van der Waals surface area contributed by atoms with Crippen LogP contribution in [0.15, 0.2) is 54.1 Å². The van der Waals surface area contributed by atoms with Crippen LogP contribution < -0.4 is 0 Å². The van der Waals surface area contributed by atoms with Crippen molar-refractivity contribution in [1.82, 2.24) is 0 Å². The van der Waals surface area contributed by atoms with Gasteiger partial charge in [-0.1, -0.05) is 55.8 Å². The average Bonchev–Trinajstić information content (AvgIpc) is 3.00. The molecule has 4 aliphatic rings. The summed E-state index contributed by atoms with van der Waals surface area (Å²) in [5.74, 6) is 1.05. The fraction of sp³-hybridized carbons (Fsp3) is 0.538. The maximum absolute atomic E-state index is 13.7. The van der Waals surface area contributed by atoms with Crippen molar-refractivity contribution in [3.05, 3.63) is 59.7 Å². The third-order valence-corrected chi connectivity index (χ3v) is 11.9. The Labute approximate surface area is 191 Å². The summed E-state index contributed by atoms with van der Waals surface area (Å²) in [6.45, 7) is 4.23. The maximum atomic E-state index is 13.7. The largest absolute Gasteiger partial charge is 0.299 e. The zero-order valence-corrected chi connectivity index (χ0v) is 19.7. The molecule has 5 rings (SSSR count). The molecular weight excluding hydrogens is 428 g/mol. The molecule has 0 radical (unpaired) electrons.